The number of carbonyl (C=O) groups excluding carboxylic acids is 1. The zero-order valence-electron chi connectivity index (χ0n) is 20.3. The van der Waals surface area contributed by atoms with E-state index in [-0.39, 0.29) is 38.8 Å². The van der Waals surface area contributed by atoms with Crippen molar-refractivity contribution in [3.63, 3.8) is 0 Å². The average molecular weight is 495 g/mol. The van der Waals surface area contributed by atoms with E-state index in [9.17, 15) is 13.2 Å². The molecule has 3 heterocycles. The predicted molar refractivity (Wildman–Crippen MR) is 133 cm³/mol. The molecule has 1 aliphatic heterocycles. The van der Waals surface area contributed by atoms with E-state index in [1.54, 1.807) is 12.1 Å². The summed E-state index contributed by atoms with van der Waals surface area (Å²) in [4.78, 5) is 23.0. The maximum Gasteiger partial charge on any atom is 0.253 e. The number of aromatic nitrogens is 2. The Balaban J connectivity index is 1.74. The SMILES string of the molecule is CC1CN(c2nccc(S(=O)(=O)c3cccc(OC(C)c4ccccc4)n3)c2C(N)=O)C(C)(C)C1. The molecule has 0 radical (unpaired) electrons. The summed E-state index contributed by atoms with van der Waals surface area (Å²) in [7, 11) is -4.20. The molecule has 9 heteroatoms. The van der Waals surface area contributed by atoms with Crippen molar-refractivity contribution in [2.45, 2.75) is 55.7 Å². The molecule has 0 bridgehead atoms. The van der Waals surface area contributed by atoms with E-state index >= 15 is 0 Å². The summed E-state index contributed by atoms with van der Waals surface area (Å²) in [6.45, 7) is 8.69. The Morgan fingerprint density at radius 3 is 2.49 bits per heavy atom. The first-order valence-electron chi connectivity index (χ1n) is 11.5. The van der Waals surface area contributed by atoms with Gasteiger partial charge in [0.05, 0.1) is 4.90 Å². The minimum Gasteiger partial charge on any atom is -0.470 e. The fourth-order valence-corrected chi connectivity index (χ4v) is 6.14. The van der Waals surface area contributed by atoms with Gasteiger partial charge in [0, 0.05) is 24.3 Å². The molecule has 35 heavy (non-hydrogen) atoms. The van der Waals surface area contributed by atoms with Crippen LogP contribution in [0.3, 0.4) is 0 Å². The van der Waals surface area contributed by atoms with Crippen LogP contribution in [0.4, 0.5) is 5.82 Å². The predicted octanol–water partition coefficient (Wildman–Crippen LogP) is 4.17. The van der Waals surface area contributed by atoms with E-state index in [0.29, 0.717) is 12.5 Å². The maximum atomic E-state index is 13.7. The van der Waals surface area contributed by atoms with Gasteiger partial charge in [0.25, 0.3) is 5.91 Å². The van der Waals surface area contributed by atoms with Gasteiger partial charge in [0.15, 0.2) is 5.03 Å². The molecule has 2 aromatic heterocycles. The molecule has 1 saturated heterocycles. The van der Waals surface area contributed by atoms with Crippen LogP contribution in [0.2, 0.25) is 0 Å². The molecule has 184 valence electrons. The van der Waals surface area contributed by atoms with E-state index in [2.05, 4.69) is 16.9 Å². The van der Waals surface area contributed by atoms with Gasteiger partial charge in [-0.1, -0.05) is 43.3 Å². The molecule has 1 aliphatic rings. The summed E-state index contributed by atoms with van der Waals surface area (Å²) in [5, 5.41) is -0.232. The Morgan fingerprint density at radius 1 is 1.14 bits per heavy atom. The third-order valence-electron chi connectivity index (χ3n) is 6.30. The van der Waals surface area contributed by atoms with Crippen molar-refractivity contribution in [2.75, 3.05) is 11.4 Å². The summed E-state index contributed by atoms with van der Waals surface area (Å²) in [5.41, 5.74) is 6.22. The lowest BCUT2D eigenvalue weighted by Crippen LogP contribution is -2.40. The second-order valence-corrected chi connectivity index (χ2v) is 11.5. The topological polar surface area (TPSA) is 115 Å². The fourth-order valence-electron chi connectivity index (χ4n) is 4.75. The number of rotatable bonds is 7. The first-order valence-corrected chi connectivity index (χ1v) is 13.0. The van der Waals surface area contributed by atoms with E-state index in [1.807, 2.05) is 56.0 Å². The summed E-state index contributed by atoms with van der Waals surface area (Å²) >= 11 is 0. The Hall–Kier alpha value is -3.46. The van der Waals surface area contributed by atoms with Crippen molar-refractivity contribution in [2.24, 2.45) is 11.7 Å². The second kappa shape index (κ2) is 9.30. The first kappa shape index (κ1) is 24.7. The first-order chi connectivity index (χ1) is 16.5. The highest BCUT2D eigenvalue weighted by molar-refractivity contribution is 7.91. The van der Waals surface area contributed by atoms with Crippen LogP contribution in [0.25, 0.3) is 0 Å². The van der Waals surface area contributed by atoms with Gasteiger partial charge < -0.3 is 15.4 Å². The number of nitrogens with two attached hydrogens (primary N) is 1. The van der Waals surface area contributed by atoms with Gasteiger partial charge in [0.1, 0.15) is 17.5 Å². The lowest BCUT2D eigenvalue weighted by atomic mass is 9.97. The number of primary amides is 1. The Kier molecular flexibility index (Phi) is 6.55. The summed E-state index contributed by atoms with van der Waals surface area (Å²) < 4.78 is 33.3. The van der Waals surface area contributed by atoms with Gasteiger partial charge in [-0.2, -0.15) is 0 Å². The molecule has 0 aliphatic carbocycles. The van der Waals surface area contributed by atoms with Gasteiger partial charge >= 0.3 is 0 Å². The lowest BCUT2D eigenvalue weighted by molar-refractivity contribution is 0.0997. The molecule has 0 saturated carbocycles. The Bertz CT molecular complexity index is 1340. The molecule has 2 unspecified atom stereocenters. The standard InChI is InChI=1S/C26H30N4O4S/c1-17-15-26(3,4)30(16-17)25-23(24(27)31)20(13-14-28-25)35(32,33)22-12-8-11-21(29-22)34-18(2)19-9-6-5-7-10-19/h5-14,17-18H,15-16H2,1-4H3,(H2,27,31). The molecular weight excluding hydrogens is 464 g/mol. The number of nitrogens with zero attached hydrogens (tertiary/aromatic N) is 3. The molecule has 1 fully saturated rings. The molecule has 1 amide bonds. The number of ether oxygens (including phenoxy) is 1. The third-order valence-corrected chi connectivity index (χ3v) is 7.99. The van der Waals surface area contributed by atoms with E-state index in [1.165, 1.54) is 18.3 Å². The highest BCUT2D eigenvalue weighted by Gasteiger charge is 2.40. The Morgan fingerprint density at radius 2 is 1.86 bits per heavy atom. The van der Waals surface area contributed by atoms with E-state index in [4.69, 9.17) is 10.5 Å². The quantitative estimate of drug-likeness (QED) is 0.524. The number of anilines is 1. The smallest absolute Gasteiger partial charge is 0.253 e. The molecular formula is C26H30N4O4S. The van der Waals surface area contributed by atoms with Crippen molar-refractivity contribution in [3.05, 3.63) is 71.9 Å². The van der Waals surface area contributed by atoms with Crippen LogP contribution in [0.5, 0.6) is 5.88 Å². The van der Waals surface area contributed by atoms with Crippen molar-refractivity contribution in [1.82, 2.24) is 9.97 Å². The number of amides is 1. The normalized spacial score (nSPS) is 18.3. The minimum atomic E-state index is -4.20. The summed E-state index contributed by atoms with van der Waals surface area (Å²) in [6, 6.07) is 15.4. The molecule has 4 rings (SSSR count). The molecule has 8 nitrogen and oxygen atoms in total. The molecule has 1 aromatic carbocycles. The second-order valence-electron chi connectivity index (χ2n) is 9.59. The van der Waals surface area contributed by atoms with Crippen LogP contribution in [-0.2, 0) is 9.84 Å². The number of sulfone groups is 1. The highest BCUT2D eigenvalue weighted by atomic mass is 32.2. The van der Waals surface area contributed by atoms with Crippen LogP contribution >= 0.6 is 0 Å². The summed E-state index contributed by atoms with van der Waals surface area (Å²) in [6.07, 6.45) is 1.94. The van der Waals surface area contributed by atoms with Gasteiger partial charge in [-0.25, -0.2) is 18.4 Å². The van der Waals surface area contributed by atoms with Gasteiger partial charge in [-0.05, 0) is 50.8 Å². The van der Waals surface area contributed by atoms with E-state index in [0.717, 1.165) is 12.0 Å². The molecule has 0 spiro atoms. The molecule has 2 N–H and O–H groups in total. The van der Waals surface area contributed by atoms with Crippen LogP contribution < -0.4 is 15.4 Å². The third kappa shape index (κ3) is 4.86. The fraction of sp³-hybridized carbons (Fsp3) is 0.346. The van der Waals surface area contributed by atoms with Crippen molar-refractivity contribution in [3.8, 4) is 5.88 Å². The maximum absolute atomic E-state index is 13.7. The van der Waals surface area contributed by atoms with Crippen molar-refractivity contribution < 1.29 is 17.9 Å². The van der Waals surface area contributed by atoms with Crippen molar-refractivity contribution in [1.29, 1.82) is 0 Å². The number of hydrogen-bond donors (Lipinski definition) is 1. The van der Waals surface area contributed by atoms with E-state index < -0.39 is 15.7 Å². The minimum absolute atomic E-state index is 0.125. The molecule has 2 atom stereocenters. The average Bonchev–Trinajstić information content (AvgIpc) is 3.10. The number of pyridine rings is 2. The number of carbonyl (C=O) groups is 1. The van der Waals surface area contributed by atoms with Crippen molar-refractivity contribution >= 4 is 21.6 Å². The van der Waals surface area contributed by atoms with Crippen LogP contribution in [0.1, 0.15) is 56.1 Å². The lowest BCUT2D eigenvalue weighted by Gasteiger charge is -2.33. The number of hydrogen-bond acceptors (Lipinski definition) is 7. The van der Waals surface area contributed by atoms with Gasteiger partial charge in [0.2, 0.25) is 15.7 Å². The van der Waals surface area contributed by atoms with Crippen LogP contribution in [-0.4, -0.2) is 36.4 Å². The zero-order chi connectivity index (χ0) is 25.4. The molecule has 3 aromatic rings. The zero-order valence-corrected chi connectivity index (χ0v) is 21.1. The van der Waals surface area contributed by atoms with Crippen LogP contribution in [0.15, 0.2) is 70.7 Å². The number of benzene rings is 1. The highest BCUT2D eigenvalue weighted by Crippen LogP contribution is 2.39. The van der Waals surface area contributed by atoms with Gasteiger partial charge in [-0.15, -0.1) is 0 Å². The Labute approximate surface area is 206 Å². The van der Waals surface area contributed by atoms with Gasteiger partial charge in [-0.3, -0.25) is 4.79 Å². The monoisotopic (exact) mass is 494 g/mol. The summed E-state index contributed by atoms with van der Waals surface area (Å²) in [5.74, 6) is -0.0631. The largest absolute Gasteiger partial charge is 0.470 e. The van der Waals surface area contributed by atoms with Crippen LogP contribution in [0, 0.1) is 5.92 Å².